The molecule has 4 aromatic rings. The fourth-order valence-electron chi connectivity index (χ4n) is 5.09. The molecule has 7 heteroatoms. The average molecular weight is 533 g/mol. The van der Waals surface area contributed by atoms with Crippen LogP contribution in [0.4, 0.5) is 0 Å². The number of pyridine rings is 1. The van der Waals surface area contributed by atoms with Crippen molar-refractivity contribution in [1.82, 2.24) is 20.1 Å². The SMILES string of the molecule is Cc1cc(C)c(CNC(=O)c2cc(-c3ccc(CBr)cc3)cc3c2cnn3C2CCCC2)c(=O)[nH]1. The van der Waals surface area contributed by atoms with E-state index in [0.717, 1.165) is 51.5 Å². The van der Waals surface area contributed by atoms with Crippen LogP contribution in [0.15, 0.2) is 53.5 Å². The zero-order valence-corrected chi connectivity index (χ0v) is 21.6. The summed E-state index contributed by atoms with van der Waals surface area (Å²) < 4.78 is 2.10. The van der Waals surface area contributed by atoms with E-state index in [1.807, 2.05) is 32.2 Å². The quantitative estimate of drug-likeness (QED) is 0.301. The van der Waals surface area contributed by atoms with Crippen LogP contribution in [0.1, 0.15) is 64.5 Å². The van der Waals surface area contributed by atoms with Crippen molar-refractivity contribution >= 4 is 32.7 Å². The number of halogens is 1. The minimum atomic E-state index is -0.209. The zero-order chi connectivity index (χ0) is 24.5. The first-order valence-electron chi connectivity index (χ1n) is 12.1. The summed E-state index contributed by atoms with van der Waals surface area (Å²) in [6, 6.07) is 14.7. The number of alkyl halides is 1. The minimum Gasteiger partial charge on any atom is -0.348 e. The van der Waals surface area contributed by atoms with Crippen molar-refractivity contribution in [3.63, 3.8) is 0 Å². The third kappa shape index (κ3) is 4.69. The predicted octanol–water partition coefficient (Wildman–Crippen LogP) is 5.95. The third-order valence-corrected chi connectivity index (χ3v) is 7.64. The highest BCUT2D eigenvalue weighted by molar-refractivity contribution is 9.08. The van der Waals surface area contributed by atoms with E-state index in [0.29, 0.717) is 17.2 Å². The van der Waals surface area contributed by atoms with Crippen molar-refractivity contribution in [2.75, 3.05) is 0 Å². The number of amides is 1. The minimum absolute atomic E-state index is 0.164. The molecule has 5 rings (SSSR count). The van der Waals surface area contributed by atoms with Crippen LogP contribution in [0.25, 0.3) is 22.0 Å². The van der Waals surface area contributed by atoms with Gasteiger partial charge in [0, 0.05) is 28.5 Å². The van der Waals surface area contributed by atoms with Gasteiger partial charge in [-0.1, -0.05) is 53.0 Å². The lowest BCUT2D eigenvalue weighted by Gasteiger charge is -2.14. The van der Waals surface area contributed by atoms with Crippen LogP contribution in [0, 0.1) is 13.8 Å². The van der Waals surface area contributed by atoms with Crippen molar-refractivity contribution in [2.45, 2.75) is 57.4 Å². The van der Waals surface area contributed by atoms with Crippen LogP contribution in [0.3, 0.4) is 0 Å². The standard InChI is InChI=1S/C28H29BrN4O2/c1-17-11-18(2)32-28(35)24(17)15-30-27(34)23-12-21(20-9-7-19(14-29)8-10-20)13-26-25(23)16-31-33(26)22-5-3-4-6-22/h7-13,16,22H,3-6,14-15H2,1-2H3,(H,30,34)(H,32,35). The van der Waals surface area contributed by atoms with E-state index in [1.54, 1.807) is 0 Å². The van der Waals surface area contributed by atoms with Crippen molar-refractivity contribution in [3.05, 3.63) is 87.0 Å². The Morgan fingerprint density at radius 1 is 1.11 bits per heavy atom. The highest BCUT2D eigenvalue weighted by Gasteiger charge is 2.23. The molecule has 0 bridgehead atoms. The van der Waals surface area contributed by atoms with E-state index < -0.39 is 0 Å². The van der Waals surface area contributed by atoms with Crippen LogP contribution in [0.5, 0.6) is 0 Å². The number of hydrogen-bond acceptors (Lipinski definition) is 3. The first-order chi connectivity index (χ1) is 16.9. The van der Waals surface area contributed by atoms with Gasteiger partial charge in [0.2, 0.25) is 0 Å². The Labute approximate surface area is 212 Å². The van der Waals surface area contributed by atoms with E-state index in [4.69, 9.17) is 5.10 Å². The Bertz CT molecular complexity index is 1450. The normalized spacial score (nSPS) is 14.0. The van der Waals surface area contributed by atoms with Gasteiger partial charge >= 0.3 is 0 Å². The Hall–Kier alpha value is -3.19. The van der Waals surface area contributed by atoms with Crippen LogP contribution >= 0.6 is 15.9 Å². The largest absolute Gasteiger partial charge is 0.348 e. The third-order valence-electron chi connectivity index (χ3n) is 6.99. The molecule has 6 nitrogen and oxygen atoms in total. The molecular formula is C28H29BrN4O2. The van der Waals surface area contributed by atoms with Crippen molar-refractivity contribution in [1.29, 1.82) is 0 Å². The number of aromatic nitrogens is 3. The molecule has 1 aliphatic rings. The summed E-state index contributed by atoms with van der Waals surface area (Å²) in [5, 5.41) is 9.33. The molecule has 0 aliphatic heterocycles. The monoisotopic (exact) mass is 532 g/mol. The van der Waals surface area contributed by atoms with E-state index in [2.05, 4.69) is 61.2 Å². The zero-order valence-electron chi connectivity index (χ0n) is 20.0. The summed E-state index contributed by atoms with van der Waals surface area (Å²) in [4.78, 5) is 28.7. The molecule has 2 N–H and O–H groups in total. The molecule has 1 amide bonds. The summed E-state index contributed by atoms with van der Waals surface area (Å²) >= 11 is 3.50. The Morgan fingerprint density at radius 2 is 1.86 bits per heavy atom. The van der Waals surface area contributed by atoms with E-state index >= 15 is 0 Å². The van der Waals surface area contributed by atoms with E-state index in [-0.39, 0.29) is 18.0 Å². The Balaban J connectivity index is 1.55. The van der Waals surface area contributed by atoms with Gasteiger partial charge in [-0.05, 0) is 67.1 Å². The number of benzene rings is 2. The molecule has 0 unspecified atom stereocenters. The van der Waals surface area contributed by atoms with Gasteiger partial charge < -0.3 is 10.3 Å². The van der Waals surface area contributed by atoms with Gasteiger partial charge in [0.1, 0.15) is 0 Å². The fourth-order valence-corrected chi connectivity index (χ4v) is 5.46. The number of aryl methyl sites for hydroxylation is 2. The molecular weight excluding hydrogens is 504 g/mol. The summed E-state index contributed by atoms with van der Waals surface area (Å²) in [6.07, 6.45) is 6.44. The molecule has 0 spiro atoms. The second-order valence-corrected chi connectivity index (χ2v) is 10.0. The van der Waals surface area contributed by atoms with Crippen molar-refractivity contribution < 1.29 is 4.79 Å². The second kappa shape index (κ2) is 9.82. The van der Waals surface area contributed by atoms with Crippen LogP contribution in [-0.4, -0.2) is 20.7 Å². The highest BCUT2D eigenvalue weighted by Crippen LogP contribution is 2.35. The summed E-state index contributed by atoms with van der Waals surface area (Å²) in [5.74, 6) is -0.209. The molecule has 0 saturated heterocycles. The summed E-state index contributed by atoms with van der Waals surface area (Å²) in [7, 11) is 0. The van der Waals surface area contributed by atoms with E-state index in [9.17, 15) is 9.59 Å². The topological polar surface area (TPSA) is 79.8 Å². The molecule has 1 aliphatic carbocycles. The molecule has 1 fully saturated rings. The van der Waals surface area contributed by atoms with Crippen LogP contribution < -0.4 is 10.9 Å². The van der Waals surface area contributed by atoms with Crippen molar-refractivity contribution in [2.24, 2.45) is 0 Å². The maximum atomic E-state index is 13.5. The maximum Gasteiger partial charge on any atom is 0.253 e. The molecule has 2 heterocycles. The molecule has 35 heavy (non-hydrogen) atoms. The number of carbonyl (C=O) groups excluding carboxylic acids is 1. The molecule has 2 aromatic heterocycles. The number of nitrogens with one attached hydrogen (secondary N) is 2. The van der Waals surface area contributed by atoms with Gasteiger partial charge in [0.15, 0.2) is 0 Å². The molecule has 2 aromatic carbocycles. The van der Waals surface area contributed by atoms with Gasteiger partial charge in [-0.15, -0.1) is 0 Å². The fraction of sp³-hybridized carbons (Fsp3) is 0.321. The number of carbonyl (C=O) groups is 1. The number of aromatic amines is 1. The Morgan fingerprint density at radius 3 is 2.54 bits per heavy atom. The summed E-state index contributed by atoms with van der Waals surface area (Å²) in [6.45, 7) is 3.92. The number of H-pyrrole nitrogens is 1. The lowest BCUT2D eigenvalue weighted by Crippen LogP contribution is -2.28. The first kappa shape index (κ1) is 23.5. The maximum absolute atomic E-state index is 13.5. The smallest absolute Gasteiger partial charge is 0.253 e. The van der Waals surface area contributed by atoms with Gasteiger partial charge in [-0.3, -0.25) is 14.3 Å². The van der Waals surface area contributed by atoms with Gasteiger partial charge in [-0.2, -0.15) is 5.10 Å². The number of fused-ring (bicyclic) bond motifs is 1. The van der Waals surface area contributed by atoms with Gasteiger partial charge in [0.05, 0.1) is 23.3 Å². The van der Waals surface area contributed by atoms with Gasteiger partial charge in [0.25, 0.3) is 11.5 Å². The Kier molecular flexibility index (Phi) is 6.60. The predicted molar refractivity (Wildman–Crippen MR) is 143 cm³/mol. The molecule has 0 radical (unpaired) electrons. The van der Waals surface area contributed by atoms with Crippen molar-refractivity contribution in [3.8, 4) is 11.1 Å². The summed E-state index contributed by atoms with van der Waals surface area (Å²) in [5.41, 5.74) is 6.87. The second-order valence-electron chi connectivity index (χ2n) is 9.44. The first-order valence-corrected chi connectivity index (χ1v) is 13.2. The molecule has 1 saturated carbocycles. The highest BCUT2D eigenvalue weighted by atomic mass is 79.9. The van der Waals surface area contributed by atoms with Crippen LogP contribution in [-0.2, 0) is 11.9 Å². The number of rotatable bonds is 6. The van der Waals surface area contributed by atoms with E-state index in [1.165, 1.54) is 18.4 Å². The molecule has 180 valence electrons. The lowest BCUT2D eigenvalue weighted by atomic mass is 9.98. The molecule has 0 atom stereocenters. The average Bonchev–Trinajstić information content (AvgIpc) is 3.52. The lowest BCUT2D eigenvalue weighted by molar-refractivity contribution is 0.0952. The number of nitrogens with zero attached hydrogens (tertiary/aromatic N) is 2. The van der Waals surface area contributed by atoms with Gasteiger partial charge in [-0.25, -0.2) is 0 Å². The van der Waals surface area contributed by atoms with Crippen LogP contribution in [0.2, 0.25) is 0 Å². The number of hydrogen-bond donors (Lipinski definition) is 2.